The van der Waals surface area contributed by atoms with Crippen molar-refractivity contribution in [3.05, 3.63) is 34.9 Å². The number of hydrogen-bond acceptors (Lipinski definition) is 3. The molecule has 2 atom stereocenters. The van der Waals surface area contributed by atoms with Gasteiger partial charge in [-0.25, -0.2) is 0 Å². The van der Waals surface area contributed by atoms with Gasteiger partial charge in [-0.15, -0.1) is 0 Å². The number of halogens is 1. The Morgan fingerprint density at radius 1 is 1.29 bits per heavy atom. The highest BCUT2D eigenvalue weighted by atomic mass is 35.5. The van der Waals surface area contributed by atoms with Gasteiger partial charge in [0, 0.05) is 11.1 Å². The Balaban J connectivity index is 2.68. The van der Waals surface area contributed by atoms with Crippen molar-refractivity contribution in [3.63, 3.8) is 0 Å². The van der Waals surface area contributed by atoms with E-state index in [2.05, 4.69) is 0 Å². The normalized spacial score (nSPS) is 15.1. The van der Waals surface area contributed by atoms with Gasteiger partial charge in [0.2, 0.25) is 0 Å². The van der Waals surface area contributed by atoms with Crippen molar-refractivity contribution >= 4 is 11.6 Å². The molecule has 0 aliphatic carbocycles. The zero-order chi connectivity index (χ0) is 10.6. The fourth-order valence-corrected chi connectivity index (χ4v) is 1.38. The van der Waals surface area contributed by atoms with Crippen LogP contribution in [-0.2, 0) is 0 Å². The van der Waals surface area contributed by atoms with Gasteiger partial charge in [-0.3, -0.25) is 0 Å². The monoisotopic (exact) mass is 214 g/mol. The highest BCUT2D eigenvalue weighted by molar-refractivity contribution is 6.30. The first kappa shape index (κ1) is 11.5. The summed E-state index contributed by atoms with van der Waals surface area (Å²) >= 11 is 5.72. The molecule has 0 aromatic heterocycles. The zero-order valence-corrected chi connectivity index (χ0v) is 8.61. The van der Waals surface area contributed by atoms with Crippen LogP contribution in [0, 0.1) is 0 Å². The Labute approximate surface area is 88.7 Å². The lowest BCUT2D eigenvalue weighted by atomic mass is 10.0. The summed E-state index contributed by atoms with van der Waals surface area (Å²) in [5.41, 5.74) is 11.9. The Kier molecular flexibility index (Phi) is 4.35. The lowest BCUT2D eigenvalue weighted by Crippen LogP contribution is -2.30. The molecule has 14 heavy (non-hydrogen) atoms. The van der Waals surface area contributed by atoms with Crippen molar-refractivity contribution in [2.45, 2.75) is 18.6 Å². The molecule has 0 amide bonds. The Hall–Kier alpha value is -0.610. The highest BCUT2D eigenvalue weighted by Crippen LogP contribution is 2.19. The zero-order valence-electron chi connectivity index (χ0n) is 7.86. The predicted molar refractivity (Wildman–Crippen MR) is 58.1 cm³/mol. The van der Waals surface area contributed by atoms with Crippen molar-refractivity contribution in [2.75, 3.05) is 6.54 Å². The second kappa shape index (κ2) is 5.32. The Bertz CT molecular complexity index is 276. The molecule has 0 spiro atoms. The summed E-state index contributed by atoms with van der Waals surface area (Å²) in [5, 5.41) is 10.4. The third-order valence-corrected chi connectivity index (χ3v) is 2.37. The van der Waals surface area contributed by atoms with Crippen LogP contribution in [0.1, 0.15) is 18.1 Å². The SMILES string of the molecule is NCCC(N)C(O)c1ccc(Cl)cc1. The maximum atomic E-state index is 9.79. The van der Waals surface area contributed by atoms with Crippen molar-refractivity contribution in [2.24, 2.45) is 11.5 Å². The van der Waals surface area contributed by atoms with Crippen LogP contribution in [0.15, 0.2) is 24.3 Å². The van der Waals surface area contributed by atoms with E-state index in [1.165, 1.54) is 0 Å². The van der Waals surface area contributed by atoms with Gasteiger partial charge in [-0.05, 0) is 30.7 Å². The van der Waals surface area contributed by atoms with Crippen molar-refractivity contribution in [1.29, 1.82) is 0 Å². The summed E-state index contributed by atoms with van der Waals surface area (Å²) < 4.78 is 0. The smallest absolute Gasteiger partial charge is 0.0941 e. The first-order chi connectivity index (χ1) is 6.65. The van der Waals surface area contributed by atoms with E-state index < -0.39 is 6.10 Å². The lowest BCUT2D eigenvalue weighted by molar-refractivity contribution is 0.143. The molecular formula is C10H15ClN2O. The number of nitrogens with two attached hydrogens (primary N) is 2. The summed E-state index contributed by atoms with van der Waals surface area (Å²) in [6.45, 7) is 0.478. The molecule has 0 heterocycles. The van der Waals surface area contributed by atoms with Crippen LogP contribution in [0.2, 0.25) is 5.02 Å². The molecule has 5 N–H and O–H groups in total. The van der Waals surface area contributed by atoms with E-state index in [4.69, 9.17) is 23.1 Å². The van der Waals surface area contributed by atoms with Gasteiger partial charge in [0.05, 0.1) is 6.10 Å². The van der Waals surface area contributed by atoms with Crippen LogP contribution in [-0.4, -0.2) is 17.7 Å². The lowest BCUT2D eigenvalue weighted by Gasteiger charge is -2.18. The van der Waals surface area contributed by atoms with E-state index in [9.17, 15) is 5.11 Å². The Morgan fingerprint density at radius 2 is 1.86 bits per heavy atom. The van der Waals surface area contributed by atoms with Crippen LogP contribution in [0.3, 0.4) is 0 Å². The minimum atomic E-state index is -0.671. The maximum absolute atomic E-state index is 9.79. The standard InChI is InChI=1S/C10H15ClN2O/c11-8-3-1-7(2-4-8)10(14)9(13)5-6-12/h1-4,9-10,14H,5-6,12-13H2. The van der Waals surface area contributed by atoms with Crippen molar-refractivity contribution < 1.29 is 5.11 Å². The van der Waals surface area contributed by atoms with Gasteiger partial charge in [-0.2, -0.15) is 0 Å². The van der Waals surface area contributed by atoms with Gasteiger partial charge < -0.3 is 16.6 Å². The third kappa shape index (κ3) is 2.96. The molecule has 0 fully saturated rings. The molecule has 0 radical (unpaired) electrons. The number of aliphatic hydroxyl groups is 1. The molecule has 0 saturated heterocycles. The molecule has 1 rings (SSSR count). The molecule has 1 aromatic carbocycles. The van der Waals surface area contributed by atoms with Gasteiger partial charge in [0.25, 0.3) is 0 Å². The van der Waals surface area contributed by atoms with Crippen molar-refractivity contribution in [3.8, 4) is 0 Å². The molecule has 0 aliphatic heterocycles. The van der Waals surface area contributed by atoms with Crippen LogP contribution < -0.4 is 11.5 Å². The highest BCUT2D eigenvalue weighted by Gasteiger charge is 2.15. The summed E-state index contributed by atoms with van der Waals surface area (Å²) in [6.07, 6.45) is -0.0696. The summed E-state index contributed by atoms with van der Waals surface area (Å²) in [4.78, 5) is 0. The van der Waals surface area contributed by atoms with Gasteiger partial charge in [-0.1, -0.05) is 23.7 Å². The third-order valence-electron chi connectivity index (χ3n) is 2.12. The van der Waals surface area contributed by atoms with Crippen LogP contribution in [0.5, 0.6) is 0 Å². The van der Waals surface area contributed by atoms with E-state index in [0.29, 0.717) is 18.0 Å². The van der Waals surface area contributed by atoms with Gasteiger partial charge in [0.15, 0.2) is 0 Å². The molecule has 0 bridgehead atoms. The topological polar surface area (TPSA) is 72.3 Å². The molecule has 78 valence electrons. The fourth-order valence-electron chi connectivity index (χ4n) is 1.26. The summed E-state index contributed by atoms with van der Waals surface area (Å²) in [6, 6.07) is 6.68. The maximum Gasteiger partial charge on any atom is 0.0941 e. The Morgan fingerprint density at radius 3 is 2.36 bits per heavy atom. The molecule has 3 nitrogen and oxygen atoms in total. The number of hydrogen-bond donors (Lipinski definition) is 3. The second-order valence-corrected chi connectivity index (χ2v) is 3.67. The quantitative estimate of drug-likeness (QED) is 0.702. The first-order valence-electron chi connectivity index (χ1n) is 4.54. The van der Waals surface area contributed by atoms with Crippen LogP contribution in [0.25, 0.3) is 0 Å². The molecular weight excluding hydrogens is 200 g/mol. The van der Waals surface area contributed by atoms with E-state index in [1.807, 2.05) is 0 Å². The summed E-state index contributed by atoms with van der Waals surface area (Å²) in [5.74, 6) is 0. The number of benzene rings is 1. The van der Waals surface area contributed by atoms with E-state index >= 15 is 0 Å². The van der Waals surface area contributed by atoms with Gasteiger partial charge >= 0.3 is 0 Å². The average molecular weight is 215 g/mol. The second-order valence-electron chi connectivity index (χ2n) is 3.24. The largest absolute Gasteiger partial charge is 0.387 e. The molecule has 2 unspecified atom stereocenters. The van der Waals surface area contributed by atoms with Crippen LogP contribution in [0.4, 0.5) is 0 Å². The van der Waals surface area contributed by atoms with Gasteiger partial charge in [0.1, 0.15) is 0 Å². The number of rotatable bonds is 4. The van der Waals surface area contributed by atoms with E-state index in [1.54, 1.807) is 24.3 Å². The van der Waals surface area contributed by atoms with Crippen molar-refractivity contribution in [1.82, 2.24) is 0 Å². The molecule has 0 saturated carbocycles. The van der Waals surface area contributed by atoms with Crippen LogP contribution >= 0.6 is 11.6 Å². The first-order valence-corrected chi connectivity index (χ1v) is 4.92. The average Bonchev–Trinajstić information content (AvgIpc) is 2.18. The molecule has 0 aliphatic rings. The number of aliphatic hydroxyl groups excluding tert-OH is 1. The molecule has 4 heteroatoms. The summed E-state index contributed by atoms with van der Waals surface area (Å²) in [7, 11) is 0. The minimum absolute atomic E-state index is 0.318. The molecule has 1 aromatic rings. The predicted octanol–water partition coefficient (Wildman–Crippen LogP) is 1.05. The fraction of sp³-hybridized carbons (Fsp3) is 0.400. The van der Waals surface area contributed by atoms with E-state index in [-0.39, 0.29) is 6.04 Å². The van der Waals surface area contributed by atoms with E-state index in [0.717, 1.165) is 5.56 Å². The minimum Gasteiger partial charge on any atom is -0.387 e.